The summed E-state index contributed by atoms with van der Waals surface area (Å²) < 4.78 is 5.80. The minimum absolute atomic E-state index is 0.200. The van der Waals surface area contributed by atoms with E-state index in [4.69, 9.17) is 10.2 Å². The normalized spacial score (nSPS) is 32.2. The fourth-order valence-electron chi connectivity index (χ4n) is 1.58. The Labute approximate surface area is 81.4 Å². The molecule has 1 rings (SSSR count). The Morgan fingerprint density at radius 3 is 2.77 bits per heavy atom. The first-order valence-electron chi connectivity index (χ1n) is 4.88. The summed E-state index contributed by atoms with van der Waals surface area (Å²) >= 11 is 0. The Bertz CT molecular complexity index is 208. The first-order valence-corrected chi connectivity index (χ1v) is 7.66. The lowest BCUT2D eigenvalue weighted by Gasteiger charge is -2.12. The molecule has 2 N–H and O–H groups in total. The molecule has 3 nitrogen and oxygen atoms in total. The fourth-order valence-corrected chi connectivity index (χ4v) is 2.66. The van der Waals surface area contributed by atoms with E-state index in [0.717, 1.165) is 12.8 Å². The lowest BCUT2D eigenvalue weighted by atomic mass is 10.0. The largest absolute Gasteiger partial charge is 0.417 e. The second-order valence-electron chi connectivity index (χ2n) is 4.50. The smallest absolute Gasteiger partial charge is 0.217 e. The molecule has 1 fully saturated rings. The van der Waals surface area contributed by atoms with Crippen molar-refractivity contribution in [2.45, 2.75) is 45.4 Å². The van der Waals surface area contributed by atoms with Crippen LogP contribution in [0.4, 0.5) is 0 Å². The van der Waals surface area contributed by atoms with Gasteiger partial charge in [-0.25, -0.2) is 0 Å². The third-order valence-electron chi connectivity index (χ3n) is 2.65. The van der Waals surface area contributed by atoms with Crippen molar-refractivity contribution in [3.8, 4) is 0 Å². The zero-order chi connectivity index (χ0) is 10.1. The summed E-state index contributed by atoms with van der Waals surface area (Å²) in [4.78, 5) is 10.6. The van der Waals surface area contributed by atoms with Crippen molar-refractivity contribution in [2.24, 2.45) is 11.1 Å². The topological polar surface area (TPSA) is 52.3 Å². The van der Waals surface area contributed by atoms with Gasteiger partial charge >= 0.3 is 0 Å². The molecule has 0 aromatic rings. The van der Waals surface area contributed by atoms with Gasteiger partial charge < -0.3 is 10.2 Å². The molecule has 0 aromatic heterocycles. The van der Waals surface area contributed by atoms with Crippen LogP contribution in [0.5, 0.6) is 0 Å². The van der Waals surface area contributed by atoms with Crippen molar-refractivity contribution < 1.29 is 9.22 Å². The second kappa shape index (κ2) is 3.80. The molecule has 76 valence electrons. The molecule has 2 atom stereocenters. The minimum Gasteiger partial charge on any atom is -0.417 e. The Balaban J connectivity index is 2.24. The average molecular weight is 201 g/mol. The molecule has 1 aliphatic rings. The predicted octanol–water partition coefficient (Wildman–Crippen LogP) is 1.03. The van der Waals surface area contributed by atoms with Crippen LogP contribution < -0.4 is 5.73 Å². The molecule has 0 aliphatic heterocycles. The van der Waals surface area contributed by atoms with Gasteiger partial charge in [-0.3, -0.25) is 4.79 Å². The molecular formula is C9H19NO2Si. The highest BCUT2D eigenvalue weighted by Crippen LogP contribution is 2.51. The fraction of sp³-hybridized carbons (Fsp3) is 0.889. The lowest BCUT2D eigenvalue weighted by Crippen LogP contribution is -2.17. The highest BCUT2D eigenvalue weighted by atomic mass is 28.3. The van der Waals surface area contributed by atoms with Gasteiger partial charge in [-0.1, -0.05) is 6.92 Å². The van der Waals surface area contributed by atoms with Gasteiger partial charge in [0.15, 0.2) is 9.04 Å². The highest BCUT2D eigenvalue weighted by Gasteiger charge is 2.50. The second-order valence-corrected chi connectivity index (χ2v) is 6.87. The van der Waals surface area contributed by atoms with Crippen LogP contribution in [0.15, 0.2) is 0 Å². The summed E-state index contributed by atoms with van der Waals surface area (Å²) in [6.07, 6.45) is 2.88. The number of carbonyl (C=O) groups excluding carboxylic acids is 1. The number of nitrogens with two attached hydrogens (primary N) is 1. The molecule has 2 unspecified atom stereocenters. The summed E-state index contributed by atoms with van der Waals surface area (Å²) in [7, 11) is -0.914. The van der Waals surface area contributed by atoms with Crippen LogP contribution in [0.1, 0.15) is 26.2 Å². The first kappa shape index (κ1) is 10.7. The van der Waals surface area contributed by atoms with Crippen LogP contribution in [0.3, 0.4) is 0 Å². The molecular weight excluding hydrogens is 182 g/mol. The van der Waals surface area contributed by atoms with Gasteiger partial charge in [-0.05, 0) is 31.4 Å². The maximum absolute atomic E-state index is 10.6. The van der Waals surface area contributed by atoms with E-state index in [0.29, 0.717) is 12.5 Å². The number of hydrogen-bond acceptors (Lipinski definition) is 2. The van der Waals surface area contributed by atoms with Crippen molar-refractivity contribution in [3.63, 3.8) is 0 Å². The number of rotatable bonds is 5. The van der Waals surface area contributed by atoms with E-state index in [1.165, 1.54) is 0 Å². The summed E-state index contributed by atoms with van der Waals surface area (Å²) in [5.41, 5.74) is 5.35. The quantitative estimate of drug-likeness (QED) is 0.675. The van der Waals surface area contributed by atoms with Gasteiger partial charge in [-0.15, -0.1) is 0 Å². The van der Waals surface area contributed by atoms with E-state index < -0.39 is 9.04 Å². The molecule has 0 heterocycles. The summed E-state index contributed by atoms with van der Waals surface area (Å²) in [6.45, 7) is 6.52. The molecule has 1 amide bonds. The van der Waals surface area contributed by atoms with Gasteiger partial charge in [-0.2, -0.15) is 0 Å². The minimum atomic E-state index is -0.914. The van der Waals surface area contributed by atoms with Gasteiger partial charge in [0.2, 0.25) is 5.91 Å². The predicted molar refractivity (Wildman–Crippen MR) is 54.9 cm³/mol. The first-order chi connectivity index (χ1) is 5.94. The van der Waals surface area contributed by atoms with E-state index in [2.05, 4.69) is 20.0 Å². The highest BCUT2D eigenvalue weighted by molar-refractivity contribution is 6.48. The number of primary amides is 1. The maximum Gasteiger partial charge on any atom is 0.217 e. The number of hydrogen-bond donors (Lipinski definition) is 1. The van der Waals surface area contributed by atoms with Crippen LogP contribution in [0.2, 0.25) is 13.1 Å². The Morgan fingerprint density at radius 1 is 1.69 bits per heavy atom. The van der Waals surface area contributed by atoms with Crippen molar-refractivity contribution in [3.05, 3.63) is 0 Å². The zero-order valence-corrected chi connectivity index (χ0v) is 9.82. The van der Waals surface area contributed by atoms with E-state index in [9.17, 15) is 4.79 Å². The SMILES string of the molecule is C[SiH](C)OC1CC1(C)CCC(N)=O. The third-order valence-corrected chi connectivity index (χ3v) is 3.52. The van der Waals surface area contributed by atoms with Crippen molar-refractivity contribution >= 4 is 14.9 Å². The molecule has 0 spiro atoms. The summed E-state index contributed by atoms with van der Waals surface area (Å²) in [5, 5.41) is 0. The molecule has 4 heteroatoms. The monoisotopic (exact) mass is 201 g/mol. The molecule has 1 saturated carbocycles. The Hall–Kier alpha value is -0.353. The summed E-state index contributed by atoms with van der Waals surface area (Å²) in [5.74, 6) is -0.200. The van der Waals surface area contributed by atoms with Gasteiger partial charge in [0, 0.05) is 6.42 Å². The van der Waals surface area contributed by atoms with Crippen LogP contribution in [-0.4, -0.2) is 21.1 Å². The molecule has 0 radical (unpaired) electrons. The van der Waals surface area contributed by atoms with Crippen LogP contribution in [0.25, 0.3) is 0 Å². The molecule has 0 aromatic carbocycles. The average Bonchev–Trinajstić information content (AvgIpc) is 2.58. The van der Waals surface area contributed by atoms with Crippen LogP contribution in [-0.2, 0) is 9.22 Å². The Kier molecular flexibility index (Phi) is 3.13. The Morgan fingerprint density at radius 2 is 2.31 bits per heavy atom. The van der Waals surface area contributed by atoms with Crippen molar-refractivity contribution in [1.82, 2.24) is 0 Å². The maximum atomic E-state index is 10.6. The van der Waals surface area contributed by atoms with Crippen LogP contribution >= 0.6 is 0 Å². The number of carbonyl (C=O) groups is 1. The third kappa shape index (κ3) is 3.12. The standard InChI is InChI=1S/C9H19NO2Si/c1-9(5-4-8(10)11)6-7(9)12-13(2)3/h7,13H,4-6H2,1-3H3,(H2,10,11). The van der Waals surface area contributed by atoms with Gasteiger partial charge in [0.25, 0.3) is 0 Å². The van der Waals surface area contributed by atoms with Gasteiger partial charge in [0.1, 0.15) is 0 Å². The van der Waals surface area contributed by atoms with E-state index in [1.54, 1.807) is 0 Å². The van der Waals surface area contributed by atoms with Crippen molar-refractivity contribution in [2.75, 3.05) is 0 Å². The van der Waals surface area contributed by atoms with E-state index in [-0.39, 0.29) is 11.3 Å². The molecule has 0 saturated heterocycles. The number of amides is 1. The van der Waals surface area contributed by atoms with E-state index >= 15 is 0 Å². The van der Waals surface area contributed by atoms with Crippen molar-refractivity contribution in [1.29, 1.82) is 0 Å². The lowest BCUT2D eigenvalue weighted by molar-refractivity contribution is -0.118. The molecule has 0 bridgehead atoms. The van der Waals surface area contributed by atoms with Gasteiger partial charge in [0.05, 0.1) is 6.10 Å². The molecule has 1 aliphatic carbocycles. The summed E-state index contributed by atoms with van der Waals surface area (Å²) in [6, 6.07) is 0. The van der Waals surface area contributed by atoms with Crippen LogP contribution in [0, 0.1) is 5.41 Å². The van der Waals surface area contributed by atoms with E-state index in [1.807, 2.05) is 0 Å². The molecule has 13 heavy (non-hydrogen) atoms. The zero-order valence-electron chi connectivity index (χ0n) is 8.67.